The predicted molar refractivity (Wildman–Crippen MR) is 138 cm³/mol. The zero-order chi connectivity index (χ0) is 26.9. The Labute approximate surface area is 217 Å². The van der Waals surface area contributed by atoms with Crippen LogP contribution in [0.2, 0.25) is 0 Å². The van der Waals surface area contributed by atoms with Gasteiger partial charge in [0.2, 0.25) is 5.91 Å². The maximum atomic E-state index is 13.9. The fourth-order valence-corrected chi connectivity index (χ4v) is 5.38. The van der Waals surface area contributed by atoms with Gasteiger partial charge in [0.25, 0.3) is 11.8 Å². The molecular formula is C29H34N2O6. The Hall–Kier alpha value is -3.68. The molecule has 4 rings (SSSR count). The third-order valence-corrected chi connectivity index (χ3v) is 7.36. The molecule has 3 amide bonds. The molecule has 8 nitrogen and oxygen atoms in total. The Balaban J connectivity index is 1.61. The number of likely N-dealkylation sites (tertiary alicyclic amines) is 1. The molecule has 1 unspecified atom stereocenters. The van der Waals surface area contributed by atoms with Gasteiger partial charge in [-0.05, 0) is 81.3 Å². The average Bonchev–Trinajstić information content (AvgIpc) is 3.11. The molecule has 1 fully saturated rings. The van der Waals surface area contributed by atoms with Crippen LogP contribution in [0.5, 0.6) is 11.5 Å². The summed E-state index contributed by atoms with van der Waals surface area (Å²) in [6, 6.07) is 9.00. The van der Waals surface area contributed by atoms with Gasteiger partial charge in [0.15, 0.2) is 0 Å². The van der Waals surface area contributed by atoms with Crippen LogP contribution < -0.4 is 9.47 Å². The second-order valence-electron chi connectivity index (χ2n) is 10.1. The van der Waals surface area contributed by atoms with Crippen LogP contribution in [0.4, 0.5) is 0 Å². The second-order valence-corrected chi connectivity index (χ2v) is 10.1. The number of esters is 1. The Bertz CT molecular complexity index is 1180. The van der Waals surface area contributed by atoms with Gasteiger partial charge in [-0.2, -0.15) is 0 Å². The van der Waals surface area contributed by atoms with E-state index in [1.54, 1.807) is 55.3 Å². The number of fused-ring (bicyclic) bond motifs is 1. The van der Waals surface area contributed by atoms with Crippen LogP contribution in [0.15, 0.2) is 36.4 Å². The van der Waals surface area contributed by atoms with Crippen LogP contribution in [-0.4, -0.2) is 59.2 Å². The highest BCUT2D eigenvalue weighted by Gasteiger charge is 2.47. The summed E-state index contributed by atoms with van der Waals surface area (Å²) in [5.74, 6) is -1.42. The number of carbonyl (C=O) groups is 4. The Morgan fingerprint density at radius 1 is 1.03 bits per heavy atom. The predicted octanol–water partition coefficient (Wildman–Crippen LogP) is 4.31. The van der Waals surface area contributed by atoms with Crippen molar-refractivity contribution in [1.82, 2.24) is 9.80 Å². The van der Waals surface area contributed by atoms with Crippen LogP contribution >= 0.6 is 0 Å². The molecule has 0 N–H and O–H groups in total. The van der Waals surface area contributed by atoms with E-state index >= 15 is 0 Å². The largest absolute Gasteiger partial charge is 0.497 e. The summed E-state index contributed by atoms with van der Waals surface area (Å²) < 4.78 is 11.0. The highest BCUT2D eigenvalue weighted by Crippen LogP contribution is 2.32. The zero-order valence-electron chi connectivity index (χ0n) is 22.1. The highest BCUT2D eigenvalue weighted by molar-refractivity contribution is 6.22. The topological polar surface area (TPSA) is 93.2 Å². The lowest BCUT2D eigenvalue weighted by atomic mass is 9.93. The van der Waals surface area contributed by atoms with Crippen molar-refractivity contribution in [2.24, 2.45) is 5.92 Å². The summed E-state index contributed by atoms with van der Waals surface area (Å²) in [5.41, 5.74) is 2.04. The summed E-state index contributed by atoms with van der Waals surface area (Å²) in [7, 11) is 1.57. The normalized spacial score (nSPS) is 18.9. The van der Waals surface area contributed by atoms with E-state index in [0.717, 1.165) is 35.3 Å². The summed E-state index contributed by atoms with van der Waals surface area (Å²) in [6.45, 7) is 7.90. The third kappa shape index (κ3) is 5.10. The molecule has 196 valence electrons. The van der Waals surface area contributed by atoms with Crippen molar-refractivity contribution in [2.75, 3.05) is 13.7 Å². The number of piperidine rings is 1. The number of amides is 3. The first kappa shape index (κ1) is 26.4. The number of hydrogen-bond acceptors (Lipinski definition) is 6. The number of carbonyl (C=O) groups excluding carboxylic acids is 4. The van der Waals surface area contributed by atoms with E-state index < -0.39 is 29.7 Å². The van der Waals surface area contributed by atoms with Gasteiger partial charge < -0.3 is 14.4 Å². The Morgan fingerprint density at radius 2 is 1.62 bits per heavy atom. The third-order valence-electron chi connectivity index (χ3n) is 7.36. The molecule has 0 aromatic heterocycles. The Morgan fingerprint density at radius 3 is 2.16 bits per heavy atom. The fourth-order valence-electron chi connectivity index (χ4n) is 5.38. The van der Waals surface area contributed by atoms with Gasteiger partial charge >= 0.3 is 5.97 Å². The van der Waals surface area contributed by atoms with Crippen molar-refractivity contribution in [3.05, 3.63) is 58.7 Å². The Kier molecular flexibility index (Phi) is 7.66. The molecule has 2 heterocycles. The minimum Gasteiger partial charge on any atom is -0.497 e. The number of nitrogens with zero attached hydrogens (tertiary/aromatic N) is 2. The van der Waals surface area contributed by atoms with Crippen LogP contribution in [0.3, 0.4) is 0 Å². The first-order chi connectivity index (χ1) is 17.6. The SMILES string of the molecule is COc1cc(C)c(OC(=O)C[C@@H](C)C(C(=O)N2CCCC[C@H]2C)N2C(=O)c3ccccc3C2=O)c(C)c1. The minimum atomic E-state index is -1.11. The van der Waals surface area contributed by atoms with Crippen molar-refractivity contribution in [3.63, 3.8) is 0 Å². The first-order valence-corrected chi connectivity index (χ1v) is 12.8. The van der Waals surface area contributed by atoms with Crippen molar-refractivity contribution >= 4 is 23.7 Å². The van der Waals surface area contributed by atoms with Crippen LogP contribution in [-0.2, 0) is 9.59 Å². The van der Waals surface area contributed by atoms with Gasteiger partial charge in [0.05, 0.1) is 24.7 Å². The number of methoxy groups -OCH3 is 1. The van der Waals surface area contributed by atoms with E-state index in [1.807, 2.05) is 20.8 Å². The summed E-state index contributed by atoms with van der Waals surface area (Å²) in [6.07, 6.45) is 2.59. The average molecular weight is 507 g/mol. The molecule has 1 saturated heterocycles. The molecule has 2 aliphatic rings. The molecule has 8 heteroatoms. The molecule has 0 spiro atoms. The number of rotatable bonds is 7. The van der Waals surface area contributed by atoms with Gasteiger partial charge in [-0.3, -0.25) is 24.1 Å². The summed E-state index contributed by atoms with van der Waals surface area (Å²) in [4.78, 5) is 56.5. The van der Waals surface area contributed by atoms with Crippen molar-refractivity contribution in [1.29, 1.82) is 0 Å². The molecule has 0 aliphatic carbocycles. The lowest BCUT2D eigenvalue weighted by molar-refractivity contribution is -0.142. The van der Waals surface area contributed by atoms with E-state index in [-0.39, 0.29) is 29.5 Å². The van der Waals surface area contributed by atoms with Crippen LogP contribution in [0.25, 0.3) is 0 Å². The van der Waals surface area contributed by atoms with E-state index in [2.05, 4.69) is 0 Å². The van der Waals surface area contributed by atoms with Crippen LogP contribution in [0, 0.1) is 19.8 Å². The van der Waals surface area contributed by atoms with E-state index in [4.69, 9.17) is 9.47 Å². The standard InChI is InChI=1S/C29H34N2O6/c1-17(16-24(32)37-26-18(2)14-21(36-5)15-19(26)3)25(29(35)30-13-9-8-10-20(30)4)31-27(33)22-11-6-7-12-23(22)28(31)34/h6-7,11-12,14-15,17,20,25H,8-10,13,16H2,1-5H3/t17-,20-,25?/m1/s1. The van der Waals surface area contributed by atoms with Crippen molar-refractivity contribution < 1.29 is 28.7 Å². The zero-order valence-corrected chi connectivity index (χ0v) is 22.1. The highest BCUT2D eigenvalue weighted by atomic mass is 16.5. The smallest absolute Gasteiger partial charge is 0.311 e. The molecule has 0 bridgehead atoms. The lowest BCUT2D eigenvalue weighted by Gasteiger charge is -2.39. The number of hydrogen-bond donors (Lipinski definition) is 0. The minimum absolute atomic E-state index is 0.0114. The molecule has 37 heavy (non-hydrogen) atoms. The van der Waals surface area contributed by atoms with Gasteiger partial charge in [0.1, 0.15) is 17.5 Å². The fraction of sp³-hybridized carbons (Fsp3) is 0.448. The van der Waals surface area contributed by atoms with E-state index in [9.17, 15) is 19.2 Å². The maximum Gasteiger partial charge on any atom is 0.311 e. The first-order valence-electron chi connectivity index (χ1n) is 12.8. The molecule has 3 atom stereocenters. The lowest BCUT2D eigenvalue weighted by Crippen LogP contribution is -2.57. The molecule has 2 aromatic carbocycles. The molecule has 0 saturated carbocycles. The quantitative estimate of drug-likeness (QED) is 0.316. The van der Waals surface area contributed by atoms with E-state index in [0.29, 0.717) is 18.0 Å². The molecule has 2 aromatic rings. The second kappa shape index (κ2) is 10.7. The molecule has 0 radical (unpaired) electrons. The number of ether oxygens (including phenoxy) is 2. The molecular weight excluding hydrogens is 472 g/mol. The summed E-state index contributed by atoms with van der Waals surface area (Å²) >= 11 is 0. The maximum absolute atomic E-state index is 13.9. The van der Waals surface area contributed by atoms with Gasteiger partial charge in [-0.15, -0.1) is 0 Å². The number of benzene rings is 2. The molecule has 2 aliphatic heterocycles. The van der Waals surface area contributed by atoms with Crippen molar-refractivity contribution in [3.8, 4) is 11.5 Å². The van der Waals surface area contributed by atoms with Gasteiger partial charge in [-0.25, -0.2) is 0 Å². The monoisotopic (exact) mass is 506 g/mol. The number of imide groups is 1. The summed E-state index contributed by atoms with van der Waals surface area (Å²) in [5, 5.41) is 0. The van der Waals surface area contributed by atoms with Gasteiger partial charge in [0, 0.05) is 12.6 Å². The number of aryl methyl sites for hydroxylation is 2. The van der Waals surface area contributed by atoms with Gasteiger partial charge in [-0.1, -0.05) is 19.1 Å². The van der Waals surface area contributed by atoms with E-state index in [1.165, 1.54) is 0 Å². The van der Waals surface area contributed by atoms with Crippen LogP contribution in [0.1, 0.15) is 71.4 Å². The van der Waals surface area contributed by atoms with Crippen molar-refractivity contribution in [2.45, 2.75) is 65.5 Å².